The van der Waals surface area contributed by atoms with Gasteiger partial charge in [-0.3, -0.25) is 0 Å². The molecule has 0 saturated carbocycles. The first-order chi connectivity index (χ1) is 9.06. The van der Waals surface area contributed by atoms with Crippen molar-refractivity contribution in [1.29, 1.82) is 0 Å². The molecule has 1 aromatic rings. The number of sulfonamides is 1. The number of piperazine rings is 1. The molecule has 1 heterocycles. The molecule has 19 heavy (non-hydrogen) atoms. The van der Waals surface area contributed by atoms with E-state index in [9.17, 15) is 8.42 Å². The lowest BCUT2D eigenvalue weighted by Crippen LogP contribution is -2.49. The smallest absolute Gasteiger partial charge is 0.214 e. The van der Waals surface area contributed by atoms with Crippen molar-refractivity contribution < 1.29 is 8.42 Å². The van der Waals surface area contributed by atoms with E-state index in [2.05, 4.69) is 5.32 Å². The van der Waals surface area contributed by atoms with Crippen molar-refractivity contribution in [2.45, 2.75) is 19.4 Å². The van der Waals surface area contributed by atoms with E-state index >= 15 is 0 Å². The van der Waals surface area contributed by atoms with Gasteiger partial charge in [-0.1, -0.05) is 36.7 Å². The highest BCUT2D eigenvalue weighted by molar-refractivity contribution is 7.89. The number of hydrogen-bond acceptors (Lipinski definition) is 3. The van der Waals surface area contributed by atoms with Gasteiger partial charge < -0.3 is 5.32 Å². The largest absolute Gasteiger partial charge is 0.313 e. The summed E-state index contributed by atoms with van der Waals surface area (Å²) in [7, 11) is -3.21. The zero-order chi connectivity index (χ0) is 13.9. The zero-order valence-corrected chi connectivity index (χ0v) is 12.5. The molecule has 0 aliphatic carbocycles. The second-order valence-corrected chi connectivity index (χ2v) is 7.12. The Morgan fingerprint density at radius 2 is 2.16 bits per heavy atom. The van der Waals surface area contributed by atoms with E-state index in [0.717, 1.165) is 5.56 Å². The zero-order valence-electron chi connectivity index (χ0n) is 11.0. The summed E-state index contributed by atoms with van der Waals surface area (Å²) in [6, 6.07) is 7.23. The van der Waals surface area contributed by atoms with E-state index in [4.69, 9.17) is 11.6 Å². The first kappa shape index (κ1) is 14.8. The SMILES string of the molecule is CCCS(=O)(=O)N1CCNCC1c1ccccc1Cl. The minimum absolute atomic E-state index is 0.188. The molecule has 1 unspecified atom stereocenters. The fourth-order valence-corrected chi connectivity index (χ4v) is 4.36. The summed E-state index contributed by atoms with van der Waals surface area (Å²) in [5, 5.41) is 3.86. The maximum Gasteiger partial charge on any atom is 0.214 e. The van der Waals surface area contributed by atoms with Crippen LogP contribution < -0.4 is 5.32 Å². The molecule has 1 saturated heterocycles. The summed E-state index contributed by atoms with van der Waals surface area (Å²) < 4.78 is 26.3. The van der Waals surface area contributed by atoms with E-state index in [1.165, 1.54) is 0 Å². The molecule has 0 spiro atoms. The molecule has 2 rings (SSSR count). The number of halogens is 1. The highest BCUT2D eigenvalue weighted by atomic mass is 35.5. The predicted molar refractivity (Wildman–Crippen MR) is 77.8 cm³/mol. The van der Waals surface area contributed by atoms with Crippen LogP contribution in [0.2, 0.25) is 5.02 Å². The van der Waals surface area contributed by atoms with Gasteiger partial charge in [-0.05, 0) is 18.1 Å². The third-order valence-electron chi connectivity index (χ3n) is 3.28. The van der Waals surface area contributed by atoms with E-state index in [1.54, 1.807) is 10.4 Å². The maximum atomic E-state index is 12.3. The Morgan fingerprint density at radius 1 is 1.42 bits per heavy atom. The van der Waals surface area contributed by atoms with Crippen molar-refractivity contribution in [3.05, 3.63) is 34.9 Å². The maximum absolute atomic E-state index is 12.3. The Hall–Kier alpha value is -0.620. The lowest BCUT2D eigenvalue weighted by molar-refractivity contribution is 0.271. The molecular weight excluding hydrogens is 284 g/mol. The van der Waals surface area contributed by atoms with Crippen LogP contribution in [0.1, 0.15) is 24.9 Å². The third kappa shape index (κ3) is 3.28. The molecule has 0 aromatic heterocycles. The van der Waals surface area contributed by atoms with Crippen LogP contribution in [0.3, 0.4) is 0 Å². The Morgan fingerprint density at radius 3 is 2.84 bits per heavy atom. The van der Waals surface area contributed by atoms with Crippen LogP contribution in [-0.4, -0.2) is 38.1 Å². The van der Waals surface area contributed by atoms with Gasteiger partial charge in [0.15, 0.2) is 0 Å². The second-order valence-electron chi connectivity index (χ2n) is 4.67. The van der Waals surface area contributed by atoms with Crippen LogP contribution in [0.15, 0.2) is 24.3 Å². The summed E-state index contributed by atoms with van der Waals surface area (Å²) in [6.45, 7) is 3.67. The minimum Gasteiger partial charge on any atom is -0.313 e. The van der Waals surface area contributed by atoms with Gasteiger partial charge >= 0.3 is 0 Å². The lowest BCUT2D eigenvalue weighted by Gasteiger charge is -2.35. The number of hydrogen-bond donors (Lipinski definition) is 1. The van der Waals surface area contributed by atoms with Gasteiger partial charge in [-0.25, -0.2) is 8.42 Å². The molecule has 106 valence electrons. The Balaban J connectivity index is 2.34. The Kier molecular flexibility index (Phi) is 4.84. The summed E-state index contributed by atoms with van der Waals surface area (Å²) in [5.41, 5.74) is 0.871. The molecule has 6 heteroatoms. The van der Waals surface area contributed by atoms with Crippen molar-refractivity contribution in [2.75, 3.05) is 25.4 Å². The number of nitrogens with zero attached hydrogens (tertiary/aromatic N) is 1. The molecule has 1 aliphatic heterocycles. The Bertz CT molecular complexity index is 533. The van der Waals surface area contributed by atoms with Crippen molar-refractivity contribution in [2.24, 2.45) is 0 Å². The van der Waals surface area contributed by atoms with Crippen molar-refractivity contribution in [3.63, 3.8) is 0 Å². The van der Waals surface area contributed by atoms with E-state index < -0.39 is 10.0 Å². The quantitative estimate of drug-likeness (QED) is 0.926. The van der Waals surface area contributed by atoms with E-state index in [-0.39, 0.29) is 11.8 Å². The van der Waals surface area contributed by atoms with Gasteiger partial charge in [0.25, 0.3) is 0 Å². The van der Waals surface area contributed by atoms with E-state index in [0.29, 0.717) is 31.1 Å². The first-order valence-corrected chi connectivity index (χ1v) is 8.49. The van der Waals surface area contributed by atoms with Crippen LogP contribution in [0.25, 0.3) is 0 Å². The van der Waals surface area contributed by atoms with Gasteiger partial charge in [0, 0.05) is 24.7 Å². The molecule has 4 nitrogen and oxygen atoms in total. The third-order valence-corrected chi connectivity index (χ3v) is 5.70. The normalized spacial score (nSPS) is 21.5. The van der Waals surface area contributed by atoms with Crippen LogP contribution in [0.5, 0.6) is 0 Å². The van der Waals surface area contributed by atoms with Crippen molar-refractivity contribution in [1.82, 2.24) is 9.62 Å². The number of benzene rings is 1. The van der Waals surface area contributed by atoms with Crippen molar-refractivity contribution >= 4 is 21.6 Å². The highest BCUT2D eigenvalue weighted by Crippen LogP contribution is 2.30. The molecule has 0 bridgehead atoms. The van der Waals surface area contributed by atoms with Gasteiger partial charge in [-0.15, -0.1) is 0 Å². The molecule has 1 fully saturated rings. The standard InChI is InChI=1S/C13H19ClN2O2S/c1-2-9-19(17,18)16-8-7-15-10-13(16)11-5-3-4-6-12(11)14/h3-6,13,15H,2,7-10H2,1H3. The monoisotopic (exact) mass is 302 g/mol. The average Bonchev–Trinajstić information content (AvgIpc) is 2.39. The summed E-state index contributed by atoms with van der Waals surface area (Å²) in [5.74, 6) is 0.188. The lowest BCUT2D eigenvalue weighted by atomic mass is 10.1. The first-order valence-electron chi connectivity index (χ1n) is 6.51. The van der Waals surface area contributed by atoms with Gasteiger partial charge in [0.2, 0.25) is 10.0 Å². The molecule has 1 atom stereocenters. The minimum atomic E-state index is -3.21. The van der Waals surface area contributed by atoms with Crippen LogP contribution in [0.4, 0.5) is 0 Å². The molecule has 1 N–H and O–H groups in total. The number of nitrogens with one attached hydrogen (secondary N) is 1. The number of rotatable bonds is 4. The second kappa shape index (κ2) is 6.22. The summed E-state index contributed by atoms with van der Waals surface area (Å²) >= 11 is 6.20. The van der Waals surface area contributed by atoms with Gasteiger partial charge in [0.1, 0.15) is 0 Å². The van der Waals surface area contributed by atoms with Crippen molar-refractivity contribution in [3.8, 4) is 0 Å². The molecular formula is C13H19ClN2O2S. The molecule has 0 radical (unpaired) electrons. The summed E-state index contributed by atoms with van der Waals surface area (Å²) in [6.07, 6.45) is 0.626. The average molecular weight is 303 g/mol. The fraction of sp³-hybridized carbons (Fsp3) is 0.538. The molecule has 1 aromatic carbocycles. The van der Waals surface area contributed by atoms with Crippen LogP contribution in [-0.2, 0) is 10.0 Å². The predicted octanol–water partition coefficient (Wildman–Crippen LogP) is 2.03. The van der Waals surface area contributed by atoms with Gasteiger partial charge in [-0.2, -0.15) is 4.31 Å². The van der Waals surface area contributed by atoms with E-state index in [1.807, 2.05) is 25.1 Å². The van der Waals surface area contributed by atoms with Gasteiger partial charge in [0.05, 0.1) is 11.8 Å². The highest BCUT2D eigenvalue weighted by Gasteiger charge is 2.33. The Labute approximate surface area is 119 Å². The van der Waals surface area contributed by atoms with Crippen LogP contribution in [0, 0.1) is 0 Å². The molecule has 1 aliphatic rings. The topological polar surface area (TPSA) is 49.4 Å². The molecule has 0 amide bonds. The van der Waals surface area contributed by atoms with Crippen LogP contribution >= 0.6 is 11.6 Å². The fourth-order valence-electron chi connectivity index (χ4n) is 2.40. The summed E-state index contributed by atoms with van der Waals surface area (Å²) in [4.78, 5) is 0.